The molecule has 0 radical (unpaired) electrons. The van der Waals surface area contributed by atoms with Crippen molar-refractivity contribution in [3.8, 4) is 0 Å². The molecular weight excluding hydrogens is 468 g/mol. The van der Waals surface area contributed by atoms with Gasteiger partial charge in [0.05, 0.1) is 25.2 Å². The van der Waals surface area contributed by atoms with Crippen molar-refractivity contribution in [2.24, 2.45) is 39.4 Å². The Hall–Kier alpha value is -1.24. The Morgan fingerprint density at radius 3 is 2.43 bits per heavy atom. The lowest BCUT2D eigenvalue weighted by Crippen LogP contribution is -2.64. The van der Waals surface area contributed by atoms with E-state index >= 15 is 0 Å². The maximum atomic E-state index is 14.0. The molecule has 1 heterocycles. The van der Waals surface area contributed by atoms with Crippen molar-refractivity contribution < 1.29 is 29.3 Å². The van der Waals surface area contributed by atoms with Crippen molar-refractivity contribution >= 4 is 11.8 Å². The third-order valence-electron chi connectivity index (χ3n) is 13.1. The zero-order valence-electron chi connectivity index (χ0n) is 24.1. The quantitative estimate of drug-likeness (QED) is 0.304. The number of Topliss-reactive ketones (excluding diaryl/α,β-unsaturated/α-hetero) is 1. The first kappa shape index (κ1) is 27.3. The normalized spacial score (nSPS) is 49.7. The lowest BCUT2D eigenvalue weighted by Gasteiger charge is -2.62. The Bertz CT molecular complexity index is 1030. The Labute approximate surface area is 222 Å². The molecule has 5 aliphatic rings. The third-order valence-corrected chi connectivity index (χ3v) is 13.1. The van der Waals surface area contributed by atoms with E-state index in [9.17, 15) is 19.8 Å². The molecule has 0 spiro atoms. The number of aliphatic hydroxyl groups is 2. The summed E-state index contributed by atoms with van der Waals surface area (Å²) in [6.07, 6.45) is 7.04. The predicted molar refractivity (Wildman–Crippen MR) is 141 cm³/mol. The molecule has 0 aromatic rings. The molecule has 4 aliphatic carbocycles. The maximum absolute atomic E-state index is 14.0. The third kappa shape index (κ3) is 3.21. The van der Waals surface area contributed by atoms with Crippen LogP contribution in [0.1, 0.15) is 99.8 Å². The summed E-state index contributed by atoms with van der Waals surface area (Å²) in [5.74, 6) is 0.230. The molecule has 0 aromatic carbocycles. The Kier molecular flexibility index (Phi) is 6.01. The van der Waals surface area contributed by atoms with Gasteiger partial charge in [-0.1, -0.05) is 41.5 Å². The van der Waals surface area contributed by atoms with E-state index in [1.54, 1.807) is 13.0 Å². The second-order valence-corrected chi connectivity index (χ2v) is 14.7. The van der Waals surface area contributed by atoms with Crippen LogP contribution >= 0.6 is 0 Å². The van der Waals surface area contributed by atoms with Crippen LogP contribution < -0.4 is 0 Å². The smallest absolute Gasteiger partial charge is 0.333 e. The first-order chi connectivity index (χ1) is 17.1. The van der Waals surface area contributed by atoms with Crippen LogP contribution in [0.3, 0.4) is 0 Å². The molecule has 208 valence electrons. The van der Waals surface area contributed by atoms with Gasteiger partial charge in [0.25, 0.3) is 0 Å². The molecule has 6 nitrogen and oxygen atoms in total. The summed E-state index contributed by atoms with van der Waals surface area (Å²) in [4.78, 5) is 25.8. The number of fused-ring (bicyclic) bond motifs is 2. The minimum Gasteiger partial charge on any atom is -0.466 e. The Morgan fingerprint density at radius 2 is 1.78 bits per heavy atom. The van der Waals surface area contributed by atoms with Gasteiger partial charge in [0, 0.05) is 17.4 Å². The molecule has 2 unspecified atom stereocenters. The topological polar surface area (TPSA) is 96.4 Å². The summed E-state index contributed by atoms with van der Waals surface area (Å²) in [5.41, 5.74) is -0.932. The molecule has 1 aliphatic heterocycles. The monoisotopic (exact) mass is 516 g/mol. The van der Waals surface area contributed by atoms with Crippen molar-refractivity contribution in [2.45, 2.75) is 123 Å². The highest BCUT2D eigenvalue weighted by atomic mass is 16.6. The zero-order chi connectivity index (χ0) is 27.4. The van der Waals surface area contributed by atoms with E-state index in [4.69, 9.17) is 9.47 Å². The number of ketones is 1. The molecule has 37 heavy (non-hydrogen) atoms. The number of hydrogen-bond donors (Lipinski definition) is 2. The fraction of sp³-hybridized carbons (Fsp3) is 0.871. The molecule has 0 aromatic heterocycles. The molecule has 5 fully saturated rings. The minimum atomic E-state index is -0.771. The van der Waals surface area contributed by atoms with Crippen molar-refractivity contribution in [1.82, 2.24) is 0 Å². The number of ether oxygens (including phenoxy) is 2. The number of carbonyl (C=O) groups excluding carboxylic acids is 2. The van der Waals surface area contributed by atoms with E-state index in [1.165, 1.54) is 7.11 Å². The standard InChI is InChI=1S/C31H48O6/c1-18(25(35)36-8)15-20(32)16-19(2)29(7)17-21(33)24-28(29,6)13-14-31-27(5)11-10-23(34)26(3,4)22(27)9-12-30(24,31)37-31/h15,19-20,22-24,32,34H,9-14,16-17H2,1-8H3/b18-15+/t19-,20+,22?,23-,24?,27+,28-,29+,30-,31+/m1/s1. The number of rotatable bonds is 5. The second-order valence-electron chi connectivity index (χ2n) is 14.7. The summed E-state index contributed by atoms with van der Waals surface area (Å²) in [5, 5.41) is 21.7. The highest BCUT2D eigenvalue weighted by molar-refractivity contribution is 5.88. The van der Waals surface area contributed by atoms with E-state index in [2.05, 4.69) is 41.5 Å². The lowest BCUT2D eigenvalue weighted by molar-refractivity contribution is -0.153. The molecule has 0 bridgehead atoms. The SMILES string of the molecule is COC(=O)/C(C)=C/[C@H](O)C[C@@H](C)[C@]1(C)CC(=O)C2[C@@]1(C)CC[C@@]13O[C@]21CCC1C(C)(C)[C@H](O)CC[C@@]13C. The van der Waals surface area contributed by atoms with Gasteiger partial charge in [-0.05, 0) is 86.0 Å². The fourth-order valence-corrected chi connectivity index (χ4v) is 10.6. The first-order valence-corrected chi connectivity index (χ1v) is 14.4. The van der Waals surface area contributed by atoms with Crippen molar-refractivity contribution in [2.75, 3.05) is 7.11 Å². The van der Waals surface area contributed by atoms with E-state index in [1.807, 2.05) is 0 Å². The van der Waals surface area contributed by atoms with E-state index < -0.39 is 17.7 Å². The molecule has 1 saturated heterocycles. The minimum absolute atomic E-state index is 0.0351. The van der Waals surface area contributed by atoms with Crippen LogP contribution in [0.2, 0.25) is 0 Å². The Morgan fingerprint density at radius 1 is 1.11 bits per heavy atom. The summed E-state index contributed by atoms with van der Waals surface area (Å²) in [6, 6.07) is 0. The van der Waals surface area contributed by atoms with Crippen LogP contribution in [-0.4, -0.2) is 52.5 Å². The lowest BCUT2D eigenvalue weighted by atomic mass is 9.40. The van der Waals surface area contributed by atoms with E-state index in [0.717, 1.165) is 38.5 Å². The predicted octanol–water partition coefficient (Wildman–Crippen LogP) is 4.99. The van der Waals surface area contributed by atoms with E-state index in [-0.39, 0.29) is 45.2 Å². The van der Waals surface area contributed by atoms with Gasteiger partial charge in [-0.25, -0.2) is 4.79 Å². The maximum Gasteiger partial charge on any atom is 0.333 e. The average molecular weight is 517 g/mol. The molecule has 10 atom stereocenters. The van der Waals surface area contributed by atoms with Crippen LogP contribution in [0.5, 0.6) is 0 Å². The van der Waals surface area contributed by atoms with Gasteiger partial charge in [-0.15, -0.1) is 0 Å². The number of methoxy groups -OCH3 is 1. The van der Waals surface area contributed by atoms with Gasteiger partial charge >= 0.3 is 5.97 Å². The molecule has 6 heteroatoms. The summed E-state index contributed by atoms with van der Waals surface area (Å²) >= 11 is 0. The van der Waals surface area contributed by atoms with Gasteiger partial charge in [0.1, 0.15) is 17.0 Å². The van der Waals surface area contributed by atoms with Gasteiger partial charge in [0.2, 0.25) is 0 Å². The van der Waals surface area contributed by atoms with Gasteiger partial charge in [-0.3, -0.25) is 4.79 Å². The largest absolute Gasteiger partial charge is 0.466 e. The molecule has 0 amide bonds. The van der Waals surface area contributed by atoms with Crippen LogP contribution in [0, 0.1) is 39.4 Å². The number of esters is 1. The Balaban J connectivity index is 1.44. The van der Waals surface area contributed by atoms with Crippen LogP contribution in [0.25, 0.3) is 0 Å². The van der Waals surface area contributed by atoms with Crippen LogP contribution in [-0.2, 0) is 19.1 Å². The van der Waals surface area contributed by atoms with Gasteiger partial charge in [0.15, 0.2) is 0 Å². The van der Waals surface area contributed by atoms with Crippen molar-refractivity contribution in [3.05, 3.63) is 11.6 Å². The number of aliphatic hydroxyl groups excluding tert-OH is 2. The highest BCUT2D eigenvalue weighted by Gasteiger charge is 2.89. The molecule has 5 rings (SSSR count). The van der Waals surface area contributed by atoms with Crippen molar-refractivity contribution in [3.63, 3.8) is 0 Å². The van der Waals surface area contributed by atoms with Crippen LogP contribution in [0.4, 0.5) is 0 Å². The van der Waals surface area contributed by atoms with Crippen LogP contribution in [0.15, 0.2) is 11.6 Å². The van der Waals surface area contributed by atoms with Gasteiger partial charge in [-0.2, -0.15) is 0 Å². The van der Waals surface area contributed by atoms with Crippen molar-refractivity contribution in [1.29, 1.82) is 0 Å². The number of hydrogen-bond acceptors (Lipinski definition) is 6. The first-order valence-electron chi connectivity index (χ1n) is 14.4. The summed E-state index contributed by atoms with van der Waals surface area (Å²) in [6.45, 7) is 15.2. The number of epoxide rings is 1. The zero-order valence-corrected chi connectivity index (χ0v) is 24.1. The number of carbonyl (C=O) groups is 2. The van der Waals surface area contributed by atoms with Gasteiger partial charge < -0.3 is 19.7 Å². The van der Waals surface area contributed by atoms with E-state index in [0.29, 0.717) is 30.1 Å². The highest BCUT2D eigenvalue weighted by Crippen LogP contribution is 2.83. The summed E-state index contributed by atoms with van der Waals surface area (Å²) < 4.78 is 11.8. The molecular formula is C31H48O6. The average Bonchev–Trinajstić information content (AvgIpc) is 3.46. The summed E-state index contributed by atoms with van der Waals surface area (Å²) in [7, 11) is 1.34. The second kappa shape index (κ2) is 8.14. The molecule has 2 N–H and O–H groups in total. The fourth-order valence-electron chi connectivity index (χ4n) is 10.6. The molecule has 4 saturated carbocycles.